The molecule has 0 saturated heterocycles. The lowest BCUT2D eigenvalue weighted by molar-refractivity contribution is 0.311. The number of fused-ring (bicyclic) bond motifs is 1. The molecule has 4 heteroatoms. The van der Waals surface area contributed by atoms with Crippen LogP contribution in [-0.4, -0.2) is 18.3 Å². The van der Waals surface area contributed by atoms with Gasteiger partial charge in [-0.2, -0.15) is 0 Å². The van der Waals surface area contributed by atoms with E-state index in [4.69, 9.17) is 9.47 Å². The highest BCUT2D eigenvalue weighted by atomic mass is 16.5. The molecule has 1 aromatic heterocycles. The van der Waals surface area contributed by atoms with Gasteiger partial charge < -0.3 is 14.0 Å². The van der Waals surface area contributed by atoms with Gasteiger partial charge in [-0.25, -0.2) is 0 Å². The topological polar surface area (TPSA) is 40.5 Å². The van der Waals surface area contributed by atoms with Crippen LogP contribution in [0.2, 0.25) is 0 Å². The van der Waals surface area contributed by atoms with Crippen molar-refractivity contribution >= 4 is 17.1 Å². The summed E-state index contributed by atoms with van der Waals surface area (Å²) in [5, 5.41) is 0.662. The predicted molar refractivity (Wildman–Crippen MR) is 93.5 cm³/mol. The van der Waals surface area contributed by atoms with E-state index in [1.54, 1.807) is 19.2 Å². The Morgan fingerprint density at radius 2 is 2.00 bits per heavy atom. The summed E-state index contributed by atoms with van der Waals surface area (Å²) < 4.78 is 13.2. The molecule has 23 heavy (non-hydrogen) atoms. The third kappa shape index (κ3) is 2.98. The zero-order valence-electron chi connectivity index (χ0n) is 14.0. The fourth-order valence-corrected chi connectivity index (χ4v) is 2.87. The summed E-state index contributed by atoms with van der Waals surface area (Å²) in [7, 11) is 1.60. The van der Waals surface area contributed by atoms with Crippen LogP contribution in [0.15, 0.2) is 29.1 Å². The summed E-state index contributed by atoms with van der Waals surface area (Å²) in [6.45, 7) is 4.60. The third-order valence-corrected chi connectivity index (χ3v) is 4.15. The molecule has 1 aliphatic carbocycles. The van der Waals surface area contributed by atoms with Crippen LogP contribution in [0.5, 0.6) is 11.5 Å². The molecule has 4 nitrogen and oxygen atoms in total. The van der Waals surface area contributed by atoms with Crippen molar-refractivity contribution < 1.29 is 9.47 Å². The molecule has 0 amide bonds. The van der Waals surface area contributed by atoms with Crippen molar-refractivity contribution in [3.05, 3.63) is 40.2 Å². The summed E-state index contributed by atoms with van der Waals surface area (Å²) in [5.74, 6) is 1.77. The van der Waals surface area contributed by atoms with Crippen molar-refractivity contribution in [2.45, 2.75) is 39.0 Å². The monoisotopic (exact) mass is 313 g/mol. The molecule has 122 valence electrons. The summed E-state index contributed by atoms with van der Waals surface area (Å²) in [5.41, 5.74) is 2.03. The highest BCUT2D eigenvalue weighted by Gasteiger charge is 2.27. The molecule has 0 unspecified atom stereocenters. The average Bonchev–Trinajstić information content (AvgIpc) is 3.38. The molecule has 0 radical (unpaired) electrons. The number of aromatic nitrogens is 1. The van der Waals surface area contributed by atoms with Crippen LogP contribution in [0.25, 0.3) is 17.1 Å². The summed E-state index contributed by atoms with van der Waals surface area (Å²) in [6.07, 6.45) is 7.43. The molecule has 0 atom stereocenters. The van der Waals surface area contributed by atoms with Crippen molar-refractivity contribution in [1.29, 1.82) is 0 Å². The molecule has 0 N–H and O–H groups in total. The van der Waals surface area contributed by atoms with E-state index >= 15 is 0 Å². The van der Waals surface area contributed by atoms with Gasteiger partial charge in [-0.15, -0.1) is 0 Å². The Morgan fingerprint density at radius 1 is 1.22 bits per heavy atom. The Labute approximate surface area is 136 Å². The number of methoxy groups -OCH3 is 1. The molecule has 0 spiro atoms. The van der Waals surface area contributed by atoms with E-state index in [1.807, 2.05) is 13.0 Å². The van der Waals surface area contributed by atoms with Crippen molar-refractivity contribution in [1.82, 2.24) is 4.57 Å². The van der Waals surface area contributed by atoms with E-state index in [0.29, 0.717) is 29.4 Å². The SMILES string of the molecule is CC/C=C/n1c(C2CC2)cc(=O)c2cc(OC)c(OCC)cc21. The van der Waals surface area contributed by atoms with Crippen LogP contribution >= 0.6 is 0 Å². The van der Waals surface area contributed by atoms with Crippen molar-refractivity contribution in [3.8, 4) is 11.5 Å². The number of hydrogen-bond donors (Lipinski definition) is 0. The van der Waals surface area contributed by atoms with Gasteiger partial charge in [0.1, 0.15) is 0 Å². The van der Waals surface area contributed by atoms with E-state index < -0.39 is 0 Å². The number of benzene rings is 1. The van der Waals surface area contributed by atoms with Gasteiger partial charge in [0.2, 0.25) is 0 Å². The highest BCUT2D eigenvalue weighted by molar-refractivity contribution is 5.85. The standard InChI is InChI=1S/C19H23NO3/c1-4-6-9-20-15(13-7-8-13)11-17(21)14-10-18(22-3)19(23-5-2)12-16(14)20/h6,9-13H,4-5,7-8H2,1-3H3/b9-6+. The minimum Gasteiger partial charge on any atom is -0.493 e. The number of rotatable bonds is 6. The normalized spacial score (nSPS) is 14.6. The van der Waals surface area contributed by atoms with Crippen LogP contribution in [0, 0.1) is 0 Å². The Kier molecular flexibility index (Phi) is 4.42. The smallest absolute Gasteiger partial charge is 0.189 e. The van der Waals surface area contributed by atoms with Gasteiger partial charge in [-0.05, 0) is 38.2 Å². The minimum absolute atomic E-state index is 0.0457. The molecule has 0 bridgehead atoms. The van der Waals surface area contributed by atoms with Crippen molar-refractivity contribution in [2.75, 3.05) is 13.7 Å². The van der Waals surface area contributed by atoms with Gasteiger partial charge in [0.25, 0.3) is 0 Å². The fourth-order valence-electron chi connectivity index (χ4n) is 2.87. The summed E-state index contributed by atoms with van der Waals surface area (Å²) in [4.78, 5) is 12.6. The van der Waals surface area contributed by atoms with E-state index in [2.05, 4.69) is 23.8 Å². The van der Waals surface area contributed by atoms with Gasteiger partial charge in [0, 0.05) is 29.4 Å². The first-order valence-electron chi connectivity index (χ1n) is 8.26. The Morgan fingerprint density at radius 3 is 2.61 bits per heavy atom. The maximum Gasteiger partial charge on any atom is 0.189 e. The van der Waals surface area contributed by atoms with E-state index in [0.717, 1.165) is 30.5 Å². The average molecular weight is 313 g/mol. The van der Waals surface area contributed by atoms with Crippen LogP contribution in [0.4, 0.5) is 0 Å². The predicted octanol–water partition coefficient (Wildman–Crippen LogP) is 4.17. The number of nitrogens with zero attached hydrogens (tertiary/aromatic N) is 1. The summed E-state index contributed by atoms with van der Waals surface area (Å²) in [6, 6.07) is 5.49. The second kappa shape index (κ2) is 6.49. The Balaban J connectivity index is 2.31. The van der Waals surface area contributed by atoms with Gasteiger partial charge in [0.05, 0.1) is 19.2 Å². The lowest BCUT2D eigenvalue weighted by Crippen LogP contribution is -2.11. The van der Waals surface area contributed by atoms with Crippen LogP contribution in [0.1, 0.15) is 44.7 Å². The number of hydrogen-bond acceptors (Lipinski definition) is 3. The zero-order valence-corrected chi connectivity index (χ0v) is 14.0. The van der Waals surface area contributed by atoms with Gasteiger partial charge in [-0.3, -0.25) is 4.79 Å². The first kappa shape index (κ1) is 15.7. The van der Waals surface area contributed by atoms with Crippen molar-refractivity contribution in [3.63, 3.8) is 0 Å². The van der Waals surface area contributed by atoms with Crippen molar-refractivity contribution in [2.24, 2.45) is 0 Å². The first-order chi connectivity index (χ1) is 11.2. The number of pyridine rings is 1. The molecule has 2 aromatic rings. The molecule has 1 fully saturated rings. The maximum atomic E-state index is 12.6. The molecule has 3 rings (SSSR count). The Hall–Kier alpha value is -2.23. The van der Waals surface area contributed by atoms with Gasteiger partial charge in [-0.1, -0.05) is 13.0 Å². The molecule has 1 aromatic carbocycles. The third-order valence-electron chi connectivity index (χ3n) is 4.15. The van der Waals surface area contributed by atoms with Gasteiger partial charge >= 0.3 is 0 Å². The molecular formula is C19H23NO3. The molecular weight excluding hydrogens is 290 g/mol. The lowest BCUT2D eigenvalue weighted by Gasteiger charge is -2.16. The quantitative estimate of drug-likeness (QED) is 0.803. The van der Waals surface area contributed by atoms with Crippen LogP contribution in [-0.2, 0) is 0 Å². The molecule has 1 heterocycles. The van der Waals surface area contributed by atoms with Crippen LogP contribution < -0.4 is 14.9 Å². The zero-order chi connectivity index (χ0) is 16.4. The highest BCUT2D eigenvalue weighted by Crippen LogP contribution is 2.41. The minimum atomic E-state index is 0.0457. The lowest BCUT2D eigenvalue weighted by atomic mass is 10.1. The maximum absolute atomic E-state index is 12.6. The van der Waals surface area contributed by atoms with Crippen LogP contribution in [0.3, 0.4) is 0 Å². The summed E-state index contributed by atoms with van der Waals surface area (Å²) >= 11 is 0. The van der Waals surface area contributed by atoms with Gasteiger partial charge in [0.15, 0.2) is 16.9 Å². The first-order valence-corrected chi connectivity index (χ1v) is 8.26. The fraction of sp³-hybridized carbons (Fsp3) is 0.421. The van der Waals surface area contributed by atoms with E-state index in [1.165, 1.54) is 0 Å². The molecule has 1 saturated carbocycles. The second-order valence-electron chi connectivity index (χ2n) is 5.82. The Bertz CT molecular complexity index is 800. The molecule has 1 aliphatic rings. The van der Waals surface area contributed by atoms with E-state index in [-0.39, 0.29) is 5.43 Å². The largest absolute Gasteiger partial charge is 0.493 e. The number of allylic oxidation sites excluding steroid dienone is 1. The number of ether oxygens (including phenoxy) is 2. The van der Waals surface area contributed by atoms with E-state index in [9.17, 15) is 4.79 Å². The molecule has 0 aliphatic heterocycles. The second-order valence-corrected chi connectivity index (χ2v) is 5.82.